The Morgan fingerprint density at radius 1 is 1.39 bits per heavy atom. The van der Waals surface area contributed by atoms with Crippen molar-refractivity contribution >= 4 is 15.9 Å². The summed E-state index contributed by atoms with van der Waals surface area (Å²) in [6.07, 6.45) is 4.55. The van der Waals surface area contributed by atoms with Crippen molar-refractivity contribution in [3.8, 4) is 0 Å². The fraction of sp³-hybridized carbons (Fsp3) is 0.308. The van der Waals surface area contributed by atoms with Gasteiger partial charge in [-0.25, -0.2) is 4.98 Å². The lowest BCUT2D eigenvalue weighted by molar-refractivity contribution is 0.858. The Balaban J connectivity index is 1.95. The molecule has 0 aliphatic heterocycles. The molecule has 2 aromatic heterocycles. The molecule has 0 bridgehead atoms. The van der Waals surface area contributed by atoms with Crippen LogP contribution in [0.15, 0.2) is 33.7 Å². The molecule has 0 saturated heterocycles. The Kier molecular flexibility index (Phi) is 2.99. The number of hydrogen-bond donors (Lipinski definition) is 1. The molecule has 5 heteroatoms. The topological polar surface area (TPSA) is 58.6 Å². The molecular weight excluding hydrogens is 294 g/mol. The van der Waals surface area contributed by atoms with E-state index in [-0.39, 0.29) is 5.56 Å². The molecule has 3 rings (SSSR count). The number of H-pyrrole nitrogens is 1. The van der Waals surface area contributed by atoms with Crippen LogP contribution >= 0.6 is 15.9 Å². The summed E-state index contributed by atoms with van der Waals surface area (Å²) >= 11 is 3.32. The Bertz CT molecular complexity index is 620. The van der Waals surface area contributed by atoms with Crippen LogP contribution in [0.5, 0.6) is 0 Å². The maximum absolute atomic E-state index is 11.8. The minimum Gasteiger partial charge on any atom is -0.309 e. The lowest BCUT2D eigenvalue weighted by atomic mass is 10.2. The first-order valence-corrected chi connectivity index (χ1v) is 6.72. The second-order valence-corrected chi connectivity index (χ2v) is 5.28. The highest BCUT2D eigenvalue weighted by Crippen LogP contribution is 2.41. The Morgan fingerprint density at radius 2 is 2.22 bits per heavy atom. The lowest BCUT2D eigenvalue weighted by Gasteiger charge is -2.05. The average molecular weight is 306 g/mol. The van der Waals surface area contributed by atoms with Gasteiger partial charge >= 0.3 is 0 Å². The monoisotopic (exact) mass is 305 g/mol. The van der Waals surface area contributed by atoms with Gasteiger partial charge in [-0.1, -0.05) is 6.07 Å². The predicted molar refractivity (Wildman–Crippen MR) is 71.6 cm³/mol. The quantitative estimate of drug-likeness (QED) is 0.947. The Morgan fingerprint density at radius 3 is 2.89 bits per heavy atom. The van der Waals surface area contributed by atoms with E-state index in [4.69, 9.17) is 0 Å². The third kappa shape index (κ3) is 2.36. The summed E-state index contributed by atoms with van der Waals surface area (Å²) < 4.78 is 0.578. The van der Waals surface area contributed by atoms with Crippen LogP contribution < -0.4 is 5.56 Å². The van der Waals surface area contributed by atoms with E-state index in [1.807, 2.05) is 18.2 Å². The fourth-order valence-corrected chi connectivity index (χ4v) is 2.42. The summed E-state index contributed by atoms with van der Waals surface area (Å²) in [4.78, 5) is 23.4. The molecule has 1 aliphatic rings. The van der Waals surface area contributed by atoms with E-state index < -0.39 is 0 Å². The van der Waals surface area contributed by atoms with E-state index in [0.29, 0.717) is 22.6 Å². The smallest absolute Gasteiger partial charge is 0.265 e. The van der Waals surface area contributed by atoms with Gasteiger partial charge in [0.25, 0.3) is 5.56 Å². The average Bonchev–Trinajstić information content (AvgIpc) is 3.19. The largest absolute Gasteiger partial charge is 0.309 e. The summed E-state index contributed by atoms with van der Waals surface area (Å²) in [6.45, 7) is 0. The van der Waals surface area contributed by atoms with Gasteiger partial charge in [0.2, 0.25) is 0 Å². The van der Waals surface area contributed by atoms with Crippen LogP contribution in [0.4, 0.5) is 0 Å². The first-order valence-electron chi connectivity index (χ1n) is 5.92. The molecule has 0 spiro atoms. The first-order chi connectivity index (χ1) is 8.74. The van der Waals surface area contributed by atoms with Gasteiger partial charge in [0.05, 0.1) is 5.69 Å². The van der Waals surface area contributed by atoms with Crippen LogP contribution in [0.1, 0.15) is 36.0 Å². The zero-order valence-corrected chi connectivity index (χ0v) is 11.3. The van der Waals surface area contributed by atoms with Gasteiger partial charge in [-0.15, -0.1) is 0 Å². The van der Waals surface area contributed by atoms with Crippen LogP contribution in [-0.4, -0.2) is 15.0 Å². The van der Waals surface area contributed by atoms with Gasteiger partial charge in [0.1, 0.15) is 10.3 Å². The van der Waals surface area contributed by atoms with Crippen LogP contribution in [-0.2, 0) is 6.42 Å². The van der Waals surface area contributed by atoms with Crippen molar-refractivity contribution in [1.82, 2.24) is 15.0 Å². The third-order valence-electron chi connectivity index (χ3n) is 2.98. The first kappa shape index (κ1) is 11.6. The minimum absolute atomic E-state index is 0.0992. The molecule has 4 nitrogen and oxygen atoms in total. The van der Waals surface area contributed by atoms with Crippen molar-refractivity contribution in [3.63, 3.8) is 0 Å². The lowest BCUT2D eigenvalue weighted by Crippen LogP contribution is -2.15. The highest BCUT2D eigenvalue weighted by atomic mass is 79.9. The second-order valence-electron chi connectivity index (χ2n) is 4.48. The number of nitrogens with zero attached hydrogens (tertiary/aromatic N) is 2. The van der Waals surface area contributed by atoms with E-state index in [9.17, 15) is 4.79 Å². The van der Waals surface area contributed by atoms with Crippen molar-refractivity contribution in [1.29, 1.82) is 0 Å². The van der Waals surface area contributed by atoms with Crippen LogP contribution in [0.3, 0.4) is 0 Å². The Labute approximate surface area is 113 Å². The molecule has 92 valence electrons. The molecule has 0 atom stereocenters. The van der Waals surface area contributed by atoms with Crippen LogP contribution in [0.2, 0.25) is 0 Å². The van der Waals surface area contributed by atoms with Crippen molar-refractivity contribution in [2.45, 2.75) is 25.2 Å². The number of halogens is 1. The van der Waals surface area contributed by atoms with E-state index in [1.165, 1.54) is 0 Å². The number of nitrogens with one attached hydrogen (secondary N) is 1. The van der Waals surface area contributed by atoms with Crippen molar-refractivity contribution in [2.75, 3.05) is 0 Å². The molecule has 0 radical (unpaired) electrons. The molecule has 0 unspecified atom stereocenters. The van der Waals surface area contributed by atoms with Gasteiger partial charge in [-0.05, 0) is 40.9 Å². The number of hydrogen-bond acceptors (Lipinski definition) is 3. The van der Waals surface area contributed by atoms with E-state index in [1.54, 1.807) is 6.20 Å². The molecule has 1 saturated carbocycles. The summed E-state index contributed by atoms with van der Waals surface area (Å²) in [5.41, 5.74) is 1.70. The molecule has 2 heterocycles. The Hall–Kier alpha value is -1.49. The normalized spacial score (nSPS) is 14.7. The summed E-state index contributed by atoms with van der Waals surface area (Å²) in [5, 5.41) is 0. The van der Waals surface area contributed by atoms with Gasteiger partial charge in [0.15, 0.2) is 0 Å². The zero-order chi connectivity index (χ0) is 12.5. The highest BCUT2D eigenvalue weighted by molar-refractivity contribution is 9.10. The van der Waals surface area contributed by atoms with Crippen LogP contribution in [0.25, 0.3) is 0 Å². The standard InChI is InChI=1S/C13H12BrN3O/c14-11-12(8-4-5-8)16-10(17-13(11)18)7-9-3-1-2-6-15-9/h1-3,6,8H,4-5,7H2,(H,16,17,18). The van der Waals surface area contributed by atoms with E-state index in [0.717, 1.165) is 24.2 Å². The van der Waals surface area contributed by atoms with Crippen molar-refractivity contribution < 1.29 is 0 Å². The van der Waals surface area contributed by atoms with Gasteiger partial charge in [-0.3, -0.25) is 9.78 Å². The van der Waals surface area contributed by atoms with Crippen molar-refractivity contribution in [3.05, 3.63) is 56.4 Å². The number of rotatable bonds is 3. The SMILES string of the molecule is O=c1[nH]c(Cc2ccccn2)nc(C2CC2)c1Br. The molecule has 1 aliphatic carbocycles. The van der Waals surface area contributed by atoms with Gasteiger partial charge in [0, 0.05) is 24.2 Å². The third-order valence-corrected chi connectivity index (χ3v) is 3.74. The predicted octanol–water partition coefficient (Wildman–Crippen LogP) is 2.40. The minimum atomic E-state index is -0.0992. The number of pyridine rings is 1. The maximum atomic E-state index is 11.8. The van der Waals surface area contributed by atoms with Crippen LogP contribution in [0, 0.1) is 0 Å². The molecule has 1 N–H and O–H groups in total. The number of aromatic nitrogens is 3. The summed E-state index contributed by atoms with van der Waals surface area (Å²) in [7, 11) is 0. The van der Waals surface area contributed by atoms with E-state index in [2.05, 4.69) is 30.9 Å². The fourth-order valence-electron chi connectivity index (χ4n) is 1.91. The molecule has 18 heavy (non-hydrogen) atoms. The van der Waals surface area contributed by atoms with Gasteiger partial charge < -0.3 is 4.98 Å². The zero-order valence-electron chi connectivity index (χ0n) is 9.69. The summed E-state index contributed by atoms with van der Waals surface area (Å²) in [6, 6.07) is 5.73. The summed E-state index contributed by atoms with van der Waals surface area (Å²) in [5.74, 6) is 1.13. The highest BCUT2D eigenvalue weighted by Gasteiger charge is 2.28. The second kappa shape index (κ2) is 4.65. The van der Waals surface area contributed by atoms with E-state index >= 15 is 0 Å². The van der Waals surface area contributed by atoms with Gasteiger partial charge in [-0.2, -0.15) is 0 Å². The molecular formula is C13H12BrN3O. The maximum Gasteiger partial charge on any atom is 0.265 e. The molecule has 1 fully saturated rings. The number of aromatic amines is 1. The molecule has 2 aromatic rings. The molecule has 0 aromatic carbocycles. The molecule has 0 amide bonds. The van der Waals surface area contributed by atoms with Crippen molar-refractivity contribution in [2.24, 2.45) is 0 Å².